The molecule has 1 aromatic heterocycles. The molecule has 2 N–H and O–H groups in total. The van der Waals surface area contributed by atoms with Gasteiger partial charge in [-0.25, -0.2) is 0 Å². The van der Waals surface area contributed by atoms with Crippen LogP contribution in [-0.4, -0.2) is 5.16 Å². The van der Waals surface area contributed by atoms with Crippen LogP contribution in [0.25, 0.3) is 11.3 Å². The van der Waals surface area contributed by atoms with Crippen molar-refractivity contribution in [3.63, 3.8) is 0 Å². The third kappa shape index (κ3) is 2.15. The normalized spacial score (nSPS) is 11.1. The summed E-state index contributed by atoms with van der Waals surface area (Å²) in [5, 5.41) is 4.58. The average molecular weight is 251 g/mol. The van der Waals surface area contributed by atoms with Crippen molar-refractivity contribution in [3.8, 4) is 11.3 Å². The molecule has 0 atom stereocenters. The third-order valence-electron chi connectivity index (χ3n) is 2.75. The Morgan fingerprint density at radius 2 is 2.06 bits per heavy atom. The van der Waals surface area contributed by atoms with E-state index in [-0.39, 0.29) is 5.92 Å². The lowest BCUT2D eigenvalue weighted by Crippen LogP contribution is -1.95. The van der Waals surface area contributed by atoms with Gasteiger partial charge in [0.2, 0.25) is 0 Å². The van der Waals surface area contributed by atoms with Gasteiger partial charge >= 0.3 is 0 Å². The maximum Gasteiger partial charge on any atom is 0.172 e. The molecule has 0 saturated heterocycles. The van der Waals surface area contributed by atoms with Gasteiger partial charge in [-0.3, -0.25) is 0 Å². The van der Waals surface area contributed by atoms with E-state index in [0.717, 1.165) is 27.5 Å². The van der Waals surface area contributed by atoms with Crippen LogP contribution in [0.5, 0.6) is 0 Å². The van der Waals surface area contributed by atoms with Crippen LogP contribution in [0.15, 0.2) is 22.7 Å². The van der Waals surface area contributed by atoms with Gasteiger partial charge in [0.25, 0.3) is 0 Å². The van der Waals surface area contributed by atoms with E-state index in [4.69, 9.17) is 21.9 Å². The van der Waals surface area contributed by atoms with E-state index >= 15 is 0 Å². The van der Waals surface area contributed by atoms with Gasteiger partial charge in [-0.15, -0.1) is 0 Å². The van der Waals surface area contributed by atoms with Crippen LogP contribution in [0.1, 0.15) is 30.9 Å². The van der Waals surface area contributed by atoms with E-state index in [1.54, 1.807) is 0 Å². The number of nitrogens with two attached hydrogens (primary N) is 1. The SMILES string of the molecule is Cc1cc(-c2onc(N)c2C(C)C)ccc1Cl. The highest BCUT2D eigenvalue weighted by atomic mass is 35.5. The first-order chi connectivity index (χ1) is 8.00. The van der Waals surface area contributed by atoms with Crippen LogP contribution in [0.2, 0.25) is 5.02 Å². The fourth-order valence-corrected chi connectivity index (χ4v) is 1.98. The Morgan fingerprint density at radius 1 is 1.35 bits per heavy atom. The Morgan fingerprint density at radius 3 is 2.65 bits per heavy atom. The summed E-state index contributed by atoms with van der Waals surface area (Å²) in [7, 11) is 0. The van der Waals surface area contributed by atoms with Crippen molar-refractivity contribution in [1.82, 2.24) is 5.16 Å². The van der Waals surface area contributed by atoms with E-state index in [9.17, 15) is 0 Å². The summed E-state index contributed by atoms with van der Waals surface area (Å²) in [4.78, 5) is 0. The third-order valence-corrected chi connectivity index (χ3v) is 3.18. The zero-order valence-electron chi connectivity index (χ0n) is 10.1. The summed E-state index contributed by atoms with van der Waals surface area (Å²) in [6.45, 7) is 6.09. The minimum absolute atomic E-state index is 0.271. The Hall–Kier alpha value is -1.48. The predicted molar refractivity (Wildman–Crippen MR) is 70.2 cm³/mol. The highest BCUT2D eigenvalue weighted by Gasteiger charge is 2.18. The van der Waals surface area contributed by atoms with Crippen molar-refractivity contribution in [3.05, 3.63) is 34.3 Å². The number of aryl methyl sites for hydroxylation is 1. The van der Waals surface area contributed by atoms with Gasteiger partial charge in [-0.2, -0.15) is 0 Å². The molecule has 0 amide bonds. The number of halogens is 1. The number of nitrogens with zero attached hydrogens (tertiary/aromatic N) is 1. The van der Waals surface area contributed by atoms with Crippen LogP contribution in [0, 0.1) is 6.92 Å². The maximum atomic E-state index is 6.00. The summed E-state index contributed by atoms with van der Waals surface area (Å²) in [5.41, 5.74) is 8.73. The fraction of sp³-hybridized carbons (Fsp3) is 0.308. The zero-order chi connectivity index (χ0) is 12.6. The van der Waals surface area contributed by atoms with Gasteiger partial charge in [0, 0.05) is 16.1 Å². The number of rotatable bonds is 2. The lowest BCUT2D eigenvalue weighted by Gasteiger charge is -2.06. The second-order valence-corrected chi connectivity index (χ2v) is 4.84. The number of anilines is 1. The van der Waals surface area contributed by atoms with Crippen molar-refractivity contribution in [2.45, 2.75) is 26.7 Å². The highest BCUT2D eigenvalue weighted by molar-refractivity contribution is 6.31. The van der Waals surface area contributed by atoms with Gasteiger partial charge in [-0.1, -0.05) is 30.6 Å². The molecule has 0 fully saturated rings. The topological polar surface area (TPSA) is 52.0 Å². The molecule has 3 nitrogen and oxygen atoms in total. The Bertz CT molecular complexity index is 546. The first kappa shape index (κ1) is 12.0. The van der Waals surface area contributed by atoms with Crippen molar-refractivity contribution >= 4 is 17.4 Å². The molecule has 0 bridgehead atoms. The summed E-state index contributed by atoms with van der Waals surface area (Å²) in [6.07, 6.45) is 0. The predicted octanol–water partition coefficient (Wildman–Crippen LogP) is 4.01. The number of hydrogen-bond acceptors (Lipinski definition) is 3. The lowest BCUT2D eigenvalue weighted by molar-refractivity contribution is 0.434. The van der Waals surface area contributed by atoms with E-state index in [1.807, 2.05) is 25.1 Å². The molecule has 2 aromatic rings. The smallest absolute Gasteiger partial charge is 0.172 e. The Labute approximate surface area is 106 Å². The molecule has 0 aliphatic carbocycles. The minimum atomic E-state index is 0.271. The molecular weight excluding hydrogens is 236 g/mol. The average Bonchev–Trinajstić information content (AvgIpc) is 2.64. The summed E-state index contributed by atoms with van der Waals surface area (Å²) in [6, 6.07) is 5.75. The van der Waals surface area contributed by atoms with Crippen molar-refractivity contribution < 1.29 is 4.52 Å². The van der Waals surface area contributed by atoms with Crippen LogP contribution < -0.4 is 5.73 Å². The van der Waals surface area contributed by atoms with Crippen LogP contribution in [0.3, 0.4) is 0 Å². The molecule has 0 radical (unpaired) electrons. The van der Waals surface area contributed by atoms with Crippen LogP contribution in [0.4, 0.5) is 5.82 Å². The molecule has 0 spiro atoms. The number of aromatic nitrogens is 1. The van der Waals surface area contributed by atoms with Crippen LogP contribution in [-0.2, 0) is 0 Å². The number of benzene rings is 1. The standard InChI is InChI=1S/C13H15ClN2O/c1-7(2)11-12(17-16-13(11)15)9-4-5-10(14)8(3)6-9/h4-7H,1-3H3,(H2,15,16). The van der Waals surface area contributed by atoms with Crippen molar-refractivity contribution in [2.24, 2.45) is 0 Å². The van der Waals surface area contributed by atoms with Gasteiger partial charge in [0.15, 0.2) is 11.6 Å². The molecule has 90 valence electrons. The minimum Gasteiger partial charge on any atom is -0.381 e. The quantitative estimate of drug-likeness (QED) is 0.876. The molecule has 0 unspecified atom stereocenters. The summed E-state index contributed by atoms with van der Waals surface area (Å²) >= 11 is 6.00. The molecule has 1 heterocycles. The highest BCUT2D eigenvalue weighted by Crippen LogP contribution is 2.34. The van der Waals surface area contributed by atoms with Gasteiger partial charge in [0.05, 0.1) is 0 Å². The number of hydrogen-bond donors (Lipinski definition) is 1. The molecule has 0 aliphatic rings. The molecule has 2 rings (SSSR count). The summed E-state index contributed by atoms with van der Waals surface area (Å²) < 4.78 is 5.32. The molecular formula is C13H15ClN2O. The maximum absolute atomic E-state index is 6.00. The lowest BCUT2D eigenvalue weighted by atomic mass is 9.98. The second kappa shape index (κ2) is 4.41. The van der Waals surface area contributed by atoms with E-state index < -0.39 is 0 Å². The molecule has 17 heavy (non-hydrogen) atoms. The Balaban J connectivity index is 2.56. The van der Waals surface area contributed by atoms with E-state index in [2.05, 4.69) is 19.0 Å². The summed E-state index contributed by atoms with van der Waals surface area (Å²) in [5.74, 6) is 1.46. The monoisotopic (exact) mass is 250 g/mol. The van der Waals surface area contributed by atoms with Gasteiger partial charge in [0.1, 0.15) is 0 Å². The van der Waals surface area contributed by atoms with Crippen molar-refractivity contribution in [1.29, 1.82) is 0 Å². The van der Waals surface area contributed by atoms with Gasteiger partial charge < -0.3 is 10.3 Å². The van der Waals surface area contributed by atoms with Gasteiger partial charge in [-0.05, 0) is 36.6 Å². The van der Waals surface area contributed by atoms with Crippen LogP contribution >= 0.6 is 11.6 Å². The van der Waals surface area contributed by atoms with E-state index in [1.165, 1.54) is 0 Å². The fourth-order valence-electron chi connectivity index (χ4n) is 1.86. The van der Waals surface area contributed by atoms with Crippen molar-refractivity contribution in [2.75, 3.05) is 5.73 Å². The van der Waals surface area contributed by atoms with E-state index in [0.29, 0.717) is 5.82 Å². The second-order valence-electron chi connectivity index (χ2n) is 4.43. The molecule has 0 saturated carbocycles. The largest absolute Gasteiger partial charge is 0.381 e. The Kier molecular flexibility index (Phi) is 3.11. The zero-order valence-corrected chi connectivity index (χ0v) is 10.9. The molecule has 1 aromatic carbocycles. The molecule has 4 heteroatoms. The first-order valence-electron chi connectivity index (χ1n) is 5.52. The first-order valence-corrected chi connectivity index (χ1v) is 5.90. The number of nitrogen functional groups attached to an aromatic ring is 1. The molecule has 0 aliphatic heterocycles.